The predicted octanol–water partition coefficient (Wildman–Crippen LogP) is 4.92. The zero-order chi connectivity index (χ0) is 18.4. The molecule has 0 saturated heterocycles. The van der Waals surface area contributed by atoms with Crippen LogP contribution in [0.25, 0.3) is 11.1 Å². The van der Waals surface area contributed by atoms with E-state index in [1.165, 1.54) is 33.6 Å². The van der Waals surface area contributed by atoms with Crippen LogP contribution in [-0.4, -0.2) is 11.8 Å². The maximum atomic E-state index is 12.6. The fourth-order valence-electron chi connectivity index (χ4n) is 3.51. The van der Waals surface area contributed by atoms with E-state index in [4.69, 9.17) is 0 Å². The van der Waals surface area contributed by atoms with Gasteiger partial charge in [0.15, 0.2) is 0 Å². The molecule has 1 fully saturated rings. The summed E-state index contributed by atoms with van der Waals surface area (Å²) >= 11 is 1.31. The van der Waals surface area contributed by atoms with Gasteiger partial charge in [0.1, 0.15) is 0 Å². The Hall–Kier alpha value is -2.92. The highest BCUT2D eigenvalue weighted by Crippen LogP contribution is 2.37. The van der Waals surface area contributed by atoms with E-state index in [1.807, 2.05) is 6.07 Å². The second-order valence-electron chi connectivity index (χ2n) is 7.09. The first-order valence-electron chi connectivity index (χ1n) is 9.10. The third kappa shape index (κ3) is 3.15. The molecule has 5 heteroatoms. The van der Waals surface area contributed by atoms with Crippen molar-refractivity contribution in [3.63, 3.8) is 0 Å². The molecule has 3 aromatic rings. The summed E-state index contributed by atoms with van der Waals surface area (Å²) in [6.45, 7) is 0. The largest absolute Gasteiger partial charge is 0.321 e. The summed E-state index contributed by atoms with van der Waals surface area (Å²) in [5, 5.41) is 6.59. The van der Waals surface area contributed by atoms with E-state index in [1.54, 1.807) is 12.1 Å². The second kappa shape index (κ2) is 6.35. The van der Waals surface area contributed by atoms with Gasteiger partial charge < -0.3 is 10.6 Å². The van der Waals surface area contributed by atoms with Crippen LogP contribution in [-0.2, 0) is 11.2 Å². The van der Waals surface area contributed by atoms with Crippen molar-refractivity contribution >= 4 is 33.8 Å². The predicted molar refractivity (Wildman–Crippen MR) is 108 cm³/mol. The van der Waals surface area contributed by atoms with Gasteiger partial charge in [0, 0.05) is 11.6 Å². The summed E-state index contributed by atoms with van der Waals surface area (Å²) in [5.74, 6) is 0.0595. The van der Waals surface area contributed by atoms with Crippen LogP contribution in [0.5, 0.6) is 0 Å². The van der Waals surface area contributed by atoms with Crippen molar-refractivity contribution < 1.29 is 9.59 Å². The van der Waals surface area contributed by atoms with Crippen molar-refractivity contribution in [1.29, 1.82) is 0 Å². The zero-order valence-electron chi connectivity index (χ0n) is 14.6. The number of nitrogens with one attached hydrogen (secondary N) is 2. The number of amides is 2. The molecule has 5 rings (SSSR count). The Morgan fingerprint density at radius 3 is 2.56 bits per heavy atom. The lowest BCUT2D eigenvalue weighted by Gasteiger charge is -2.07. The third-order valence-corrected chi connectivity index (χ3v) is 6.08. The number of fused-ring (bicyclic) bond motifs is 3. The van der Waals surface area contributed by atoms with Crippen LogP contribution in [0.4, 0.5) is 10.7 Å². The first kappa shape index (κ1) is 16.3. The lowest BCUT2D eigenvalue weighted by molar-refractivity contribution is -0.117. The van der Waals surface area contributed by atoms with E-state index >= 15 is 0 Å². The Balaban J connectivity index is 1.30. The molecule has 0 aliphatic heterocycles. The summed E-state index contributed by atoms with van der Waals surface area (Å²) in [6.07, 6.45) is 2.82. The average Bonchev–Trinajstić information content (AvgIpc) is 3.31. The fourth-order valence-corrected chi connectivity index (χ4v) is 4.32. The molecule has 1 heterocycles. The smallest absolute Gasteiger partial charge is 0.265 e. The van der Waals surface area contributed by atoms with Crippen LogP contribution in [0.2, 0.25) is 0 Å². The quantitative estimate of drug-likeness (QED) is 0.533. The Kier molecular flexibility index (Phi) is 3.83. The maximum absolute atomic E-state index is 12.6. The molecule has 0 unspecified atom stereocenters. The van der Waals surface area contributed by atoms with Crippen LogP contribution in [0.1, 0.15) is 33.6 Å². The SMILES string of the molecule is O=C(Nc1ccc2c(c1)Cc1ccccc1-2)c1ccc(NC(=O)C2CC2)s1. The van der Waals surface area contributed by atoms with Gasteiger partial charge in [0.05, 0.1) is 9.88 Å². The normalized spacial score (nSPS) is 14.4. The average molecular weight is 374 g/mol. The molecule has 2 N–H and O–H groups in total. The van der Waals surface area contributed by atoms with Crippen molar-refractivity contribution in [1.82, 2.24) is 0 Å². The molecule has 1 aromatic heterocycles. The van der Waals surface area contributed by atoms with Crippen LogP contribution >= 0.6 is 11.3 Å². The molecule has 1 saturated carbocycles. The molecular formula is C22H18N2O2S. The molecule has 27 heavy (non-hydrogen) atoms. The maximum Gasteiger partial charge on any atom is 0.265 e. The molecule has 4 nitrogen and oxygen atoms in total. The van der Waals surface area contributed by atoms with Crippen LogP contribution in [0, 0.1) is 5.92 Å². The Bertz CT molecular complexity index is 1070. The molecule has 0 atom stereocenters. The molecule has 0 bridgehead atoms. The highest BCUT2D eigenvalue weighted by atomic mass is 32.1. The van der Waals surface area contributed by atoms with Crippen molar-refractivity contribution in [2.75, 3.05) is 10.6 Å². The third-order valence-electron chi connectivity index (χ3n) is 5.08. The van der Waals surface area contributed by atoms with E-state index in [2.05, 4.69) is 47.0 Å². The second-order valence-corrected chi connectivity index (χ2v) is 8.17. The van der Waals surface area contributed by atoms with Crippen molar-refractivity contribution in [2.24, 2.45) is 5.92 Å². The lowest BCUT2D eigenvalue weighted by atomic mass is 10.1. The minimum atomic E-state index is -0.151. The Morgan fingerprint density at radius 2 is 1.70 bits per heavy atom. The molecule has 2 aromatic carbocycles. The van der Waals surface area contributed by atoms with Crippen LogP contribution in [0.3, 0.4) is 0 Å². The van der Waals surface area contributed by atoms with E-state index < -0.39 is 0 Å². The van der Waals surface area contributed by atoms with Gasteiger partial charge in [-0.15, -0.1) is 11.3 Å². The molecule has 0 spiro atoms. The van der Waals surface area contributed by atoms with Gasteiger partial charge in [0.25, 0.3) is 5.91 Å². The van der Waals surface area contributed by atoms with Crippen LogP contribution < -0.4 is 10.6 Å². The van der Waals surface area contributed by atoms with Gasteiger partial charge in [-0.2, -0.15) is 0 Å². The number of rotatable bonds is 4. The van der Waals surface area contributed by atoms with Gasteiger partial charge in [-0.05, 0) is 65.8 Å². The summed E-state index contributed by atoms with van der Waals surface area (Å²) in [5.41, 5.74) is 5.87. The van der Waals surface area contributed by atoms with Crippen molar-refractivity contribution in [3.05, 3.63) is 70.6 Å². The van der Waals surface area contributed by atoms with Crippen LogP contribution in [0.15, 0.2) is 54.6 Å². The number of carbonyl (C=O) groups is 2. The number of benzene rings is 2. The first-order valence-corrected chi connectivity index (χ1v) is 9.92. The summed E-state index contributed by atoms with van der Waals surface area (Å²) < 4.78 is 0. The number of hydrogen-bond acceptors (Lipinski definition) is 3. The number of hydrogen-bond donors (Lipinski definition) is 2. The van der Waals surface area contributed by atoms with Gasteiger partial charge in [-0.3, -0.25) is 9.59 Å². The first-order chi connectivity index (χ1) is 13.2. The number of thiophene rings is 1. The molecule has 2 aliphatic carbocycles. The summed E-state index contributed by atoms with van der Waals surface area (Å²) in [6, 6.07) is 18.0. The van der Waals surface area contributed by atoms with E-state index in [-0.39, 0.29) is 17.7 Å². The van der Waals surface area contributed by atoms with Crippen molar-refractivity contribution in [2.45, 2.75) is 19.3 Å². The molecule has 2 aliphatic rings. The van der Waals surface area contributed by atoms with Gasteiger partial charge in [-0.1, -0.05) is 30.3 Å². The zero-order valence-corrected chi connectivity index (χ0v) is 15.4. The van der Waals surface area contributed by atoms with Gasteiger partial charge in [-0.25, -0.2) is 0 Å². The standard InChI is InChI=1S/C22H18N2O2S/c25-21(13-5-6-13)24-20-10-9-19(27-20)22(26)23-16-7-8-18-15(12-16)11-14-3-1-2-4-17(14)18/h1-4,7-10,12-13H,5-6,11H2,(H,23,26)(H,24,25). The summed E-state index contributed by atoms with van der Waals surface area (Å²) in [4.78, 5) is 25.0. The number of anilines is 2. The number of carbonyl (C=O) groups excluding carboxylic acids is 2. The lowest BCUT2D eigenvalue weighted by Crippen LogP contribution is -2.12. The highest BCUT2D eigenvalue weighted by molar-refractivity contribution is 7.18. The molecule has 2 amide bonds. The van der Waals surface area contributed by atoms with Gasteiger partial charge in [0.2, 0.25) is 5.91 Å². The van der Waals surface area contributed by atoms with E-state index in [0.29, 0.717) is 4.88 Å². The topological polar surface area (TPSA) is 58.2 Å². The monoisotopic (exact) mass is 374 g/mol. The minimum Gasteiger partial charge on any atom is -0.321 e. The Labute approximate surface area is 161 Å². The fraction of sp³-hybridized carbons (Fsp3) is 0.182. The minimum absolute atomic E-state index is 0.0574. The van der Waals surface area contributed by atoms with Gasteiger partial charge >= 0.3 is 0 Å². The van der Waals surface area contributed by atoms with E-state index in [9.17, 15) is 9.59 Å². The molecule has 134 valence electrons. The Morgan fingerprint density at radius 1 is 0.889 bits per heavy atom. The highest BCUT2D eigenvalue weighted by Gasteiger charge is 2.30. The molecular weight excluding hydrogens is 356 g/mol. The van der Waals surface area contributed by atoms with E-state index in [0.717, 1.165) is 30.0 Å². The summed E-state index contributed by atoms with van der Waals surface area (Å²) in [7, 11) is 0. The molecule has 0 radical (unpaired) electrons. The van der Waals surface area contributed by atoms with Crippen molar-refractivity contribution in [3.8, 4) is 11.1 Å².